The van der Waals surface area contributed by atoms with Gasteiger partial charge < -0.3 is 26.1 Å². The Morgan fingerprint density at radius 1 is 1.14 bits per heavy atom. The fourth-order valence-corrected chi connectivity index (χ4v) is 5.58. The Balaban J connectivity index is 1.53. The van der Waals surface area contributed by atoms with Crippen LogP contribution in [-0.4, -0.2) is 40.4 Å². The summed E-state index contributed by atoms with van der Waals surface area (Å²) in [5.41, 5.74) is 16.3. The van der Waals surface area contributed by atoms with Crippen LogP contribution in [0.2, 0.25) is 0 Å². The maximum absolute atomic E-state index is 12.9. The van der Waals surface area contributed by atoms with E-state index < -0.39 is 11.9 Å². The number of fused-ring (bicyclic) bond motifs is 1. The summed E-state index contributed by atoms with van der Waals surface area (Å²) >= 11 is 0. The minimum absolute atomic E-state index is 0.0314. The van der Waals surface area contributed by atoms with Gasteiger partial charge in [0.15, 0.2) is 5.78 Å². The zero-order valence-corrected chi connectivity index (χ0v) is 22.6. The highest BCUT2D eigenvalue weighted by molar-refractivity contribution is 6.01. The minimum atomic E-state index is -0.611. The summed E-state index contributed by atoms with van der Waals surface area (Å²) in [7, 11) is 0. The summed E-state index contributed by atoms with van der Waals surface area (Å²) in [5.74, 6) is -0.631. The van der Waals surface area contributed by atoms with E-state index in [1.165, 1.54) is 0 Å². The summed E-state index contributed by atoms with van der Waals surface area (Å²) < 4.78 is 7.71. The molecule has 5 N–H and O–H groups in total. The van der Waals surface area contributed by atoms with Crippen molar-refractivity contribution in [2.24, 2.45) is 22.8 Å². The fourth-order valence-electron chi connectivity index (χ4n) is 5.58. The standard InChI is InChI=1S/C29H40N4O4/c1-16(2)26(30)28(36)37-20-9-6-18(7-10-20)32-22-12-19(8-11-21(22)27(31)35)33-15-17(3)25-23(33)13-29(4,5)14-24(25)34/h8,11-12,15-16,18,20,26,32H,6-7,9-10,13-14,30H2,1-5H3,(H2,31,35)/t18-,20-,26-/m0/s1. The SMILES string of the molecule is Cc1cn(-c2ccc(C(N)=O)c(N[C@H]3CC[C@H](OC(=O)[C@@H](N)C(C)C)CC3)c2)c2c1C(=O)CC(C)(C)C2. The first-order chi connectivity index (χ1) is 17.4. The number of Topliss-reactive ketones (excluding diaryl/α,β-unsaturated/α-hetero) is 1. The zero-order valence-electron chi connectivity index (χ0n) is 22.6. The van der Waals surface area contributed by atoms with Crippen molar-refractivity contribution in [1.29, 1.82) is 0 Å². The number of anilines is 1. The van der Waals surface area contributed by atoms with Crippen LogP contribution in [0.25, 0.3) is 5.69 Å². The van der Waals surface area contributed by atoms with Gasteiger partial charge in [-0.2, -0.15) is 0 Å². The molecule has 0 aliphatic heterocycles. The summed E-state index contributed by atoms with van der Waals surface area (Å²) in [5, 5.41) is 3.52. The second kappa shape index (κ2) is 10.3. The summed E-state index contributed by atoms with van der Waals surface area (Å²) in [6, 6.07) is 5.08. The quantitative estimate of drug-likeness (QED) is 0.479. The van der Waals surface area contributed by atoms with Crippen LogP contribution in [0.1, 0.15) is 91.8 Å². The van der Waals surface area contributed by atoms with E-state index in [2.05, 4.69) is 23.7 Å². The number of aryl methyl sites for hydroxylation is 1. The van der Waals surface area contributed by atoms with E-state index >= 15 is 0 Å². The van der Waals surface area contributed by atoms with Crippen LogP contribution in [0.15, 0.2) is 24.4 Å². The zero-order chi connectivity index (χ0) is 27.1. The van der Waals surface area contributed by atoms with E-state index in [1.807, 2.05) is 39.1 Å². The first kappa shape index (κ1) is 26.9. The molecule has 0 radical (unpaired) electrons. The normalized spacial score (nSPS) is 21.9. The van der Waals surface area contributed by atoms with Crippen LogP contribution in [0.5, 0.6) is 0 Å². The van der Waals surface area contributed by atoms with Crippen LogP contribution >= 0.6 is 0 Å². The maximum Gasteiger partial charge on any atom is 0.323 e. The van der Waals surface area contributed by atoms with Gasteiger partial charge in [-0.05, 0) is 74.1 Å². The van der Waals surface area contributed by atoms with Gasteiger partial charge >= 0.3 is 5.97 Å². The van der Waals surface area contributed by atoms with Gasteiger partial charge in [-0.15, -0.1) is 0 Å². The molecule has 4 rings (SSSR count). The molecular formula is C29H40N4O4. The van der Waals surface area contributed by atoms with Gasteiger partial charge in [-0.25, -0.2) is 0 Å². The molecule has 2 aromatic rings. The molecule has 1 heterocycles. The highest BCUT2D eigenvalue weighted by Gasteiger charge is 2.35. The number of nitrogens with zero attached hydrogens (tertiary/aromatic N) is 1. The van der Waals surface area contributed by atoms with E-state index in [0.717, 1.165) is 54.6 Å². The van der Waals surface area contributed by atoms with E-state index in [0.29, 0.717) is 17.7 Å². The Kier molecular flexibility index (Phi) is 7.51. The molecule has 2 aliphatic carbocycles. The molecule has 200 valence electrons. The second-order valence-electron chi connectivity index (χ2n) is 11.9. The van der Waals surface area contributed by atoms with Crippen molar-refractivity contribution in [2.45, 2.75) is 91.3 Å². The lowest BCUT2D eigenvalue weighted by Crippen LogP contribution is -2.40. The Hall–Kier alpha value is -3.13. The predicted molar refractivity (Wildman–Crippen MR) is 144 cm³/mol. The van der Waals surface area contributed by atoms with Gasteiger partial charge in [-0.1, -0.05) is 27.7 Å². The van der Waals surface area contributed by atoms with Crippen LogP contribution in [0, 0.1) is 18.3 Å². The lowest BCUT2D eigenvalue weighted by atomic mass is 9.75. The summed E-state index contributed by atoms with van der Waals surface area (Å²) in [6.07, 6.45) is 6.23. The molecule has 1 saturated carbocycles. The molecule has 0 saturated heterocycles. The van der Waals surface area contributed by atoms with Gasteiger partial charge in [0.2, 0.25) is 0 Å². The monoisotopic (exact) mass is 508 g/mol. The summed E-state index contributed by atoms with van der Waals surface area (Å²) in [4.78, 5) is 37.4. The molecular weight excluding hydrogens is 468 g/mol. The van der Waals surface area contributed by atoms with Crippen LogP contribution in [0.4, 0.5) is 5.69 Å². The minimum Gasteiger partial charge on any atom is -0.461 e. The number of primary amides is 1. The lowest BCUT2D eigenvalue weighted by Gasteiger charge is -2.31. The third-order valence-electron chi connectivity index (χ3n) is 7.71. The number of amides is 1. The molecule has 8 nitrogen and oxygen atoms in total. The Morgan fingerprint density at radius 3 is 2.43 bits per heavy atom. The lowest BCUT2D eigenvalue weighted by molar-refractivity contribution is -0.153. The number of esters is 1. The molecule has 1 fully saturated rings. The van der Waals surface area contributed by atoms with Gasteiger partial charge in [0.1, 0.15) is 12.1 Å². The number of hydrogen-bond acceptors (Lipinski definition) is 6. The van der Waals surface area contributed by atoms with E-state index in [-0.39, 0.29) is 35.2 Å². The number of carbonyl (C=O) groups is 3. The van der Waals surface area contributed by atoms with Crippen molar-refractivity contribution in [1.82, 2.24) is 4.57 Å². The average Bonchev–Trinajstić information content (AvgIpc) is 3.14. The number of benzene rings is 1. The molecule has 0 spiro atoms. The van der Waals surface area contributed by atoms with Crippen molar-refractivity contribution >= 4 is 23.3 Å². The molecule has 1 aromatic heterocycles. The number of hydrogen-bond donors (Lipinski definition) is 3. The van der Waals surface area contributed by atoms with E-state index in [9.17, 15) is 14.4 Å². The van der Waals surface area contributed by atoms with Crippen molar-refractivity contribution in [3.63, 3.8) is 0 Å². The van der Waals surface area contributed by atoms with Crippen LogP contribution in [0.3, 0.4) is 0 Å². The average molecular weight is 509 g/mol. The van der Waals surface area contributed by atoms with Gasteiger partial charge in [0.05, 0.1) is 5.56 Å². The number of rotatable bonds is 7. The maximum atomic E-state index is 12.9. The Bertz CT molecular complexity index is 1200. The molecule has 0 unspecified atom stereocenters. The number of nitrogens with two attached hydrogens (primary N) is 2. The predicted octanol–water partition coefficient (Wildman–Crippen LogP) is 4.29. The van der Waals surface area contributed by atoms with E-state index in [4.69, 9.17) is 16.2 Å². The van der Waals surface area contributed by atoms with Crippen LogP contribution in [-0.2, 0) is 16.0 Å². The van der Waals surface area contributed by atoms with Gasteiger partial charge in [0, 0.05) is 41.3 Å². The molecule has 8 heteroatoms. The largest absolute Gasteiger partial charge is 0.461 e. The van der Waals surface area contributed by atoms with Crippen LogP contribution < -0.4 is 16.8 Å². The molecule has 1 atom stereocenters. The number of ketones is 1. The molecule has 37 heavy (non-hydrogen) atoms. The highest BCUT2D eigenvalue weighted by Crippen LogP contribution is 2.38. The molecule has 0 bridgehead atoms. The fraction of sp³-hybridized carbons (Fsp3) is 0.552. The van der Waals surface area contributed by atoms with Gasteiger partial charge in [0.25, 0.3) is 5.91 Å². The number of ether oxygens (including phenoxy) is 1. The van der Waals surface area contributed by atoms with Gasteiger partial charge in [-0.3, -0.25) is 14.4 Å². The number of carbonyl (C=O) groups excluding carboxylic acids is 3. The van der Waals surface area contributed by atoms with Crippen molar-refractivity contribution in [3.05, 3.63) is 46.8 Å². The molecule has 2 aliphatic rings. The van der Waals surface area contributed by atoms with Crippen molar-refractivity contribution in [3.8, 4) is 5.69 Å². The Labute approximate surface area is 219 Å². The molecule has 1 amide bonds. The number of nitrogens with one attached hydrogen (secondary N) is 1. The first-order valence-electron chi connectivity index (χ1n) is 13.3. The summed E-state index contributed by atoms with van der Waals surface area (Å²) in [6.45, 7) is 10.0. The highest BCUT2D eigenvalue weighted by atomic mass is 16.5. The Morgan fingerprint density at radius 2 is 1.81 bits per heavy atom. The van der Waals surface area contributed by atoms with Crippen molar-refractivity contribution in [2.75, 3.05) is 5.32 Å². The van der Waals surface area contributed by atoms with Crippen molar-refractivity contribution < 1.29 is 19.1 Å². The first-order valence-corrected chi connectivity index (χ1v) is 13.3. The topological polar surface area (TPSA) is 129 Å². The third kappa shape index (κ3) is 5.74. The second-order valence-corrected chi connectivity index (χ2v) is 11.9. The smallest absolute Gasteiger partial charge is 0.323 e. The third-order valence-corrected chi connectivity index (χ3v) is 7.71. The molecule has 1 aromatic carbocycles. The van der Waals surface area contributed by atoms with E-state index in [1.54, 1.807) is 6.07 Å². The number of aromatic nitrogens is 1.